The first-order valence-corrected chi connectivity index (χ1v) is 11.4. The fourth-order valence-corrected chi connectivity index (χ4v) is 4.00. The van der Waals surface area contributed by atoms with Gasteiger partial charge in [0.25, 0.3) is 0 Å². The van der Waals surface area contributed by atoms with Crippen molar-refractivity contribution in [1.29, 1.82) is 0 Å². The Hall–Kier alpha value is -3.49. The number of likely N-dealkylation sites (N-methyl/N-ethyl adjacent to an activating group) is 1. The fourth-order valence-electron chi connectivity index (χ4n) is 4.00. The molecule has 9 heteroatoms. The highest BCUT2D eigenvalue weighted by atomic mass is 16.5. The standard InChI is InChI=1S/C24H31N7O2/c1-6-19-24(32)29-22-16(4)27-20(28-23(22)30(19)5)9-7-18-12-26-31(14-18)13-17-8-10-21(25-11-17)33-15(2)3/h8,10-12,14-15,19H,6-7,9,13H2,1-5H3,(H,29,32)/t19-/m0/s1. The van der Waals surface area contributed by atoms with Crippen LogP contribution in [0, 0.1) is 6.92 Å². The van der Waals surface area contributed by atoms with Crippen molar-refractivity contribution in [3.8, 4) is 5.88 Å². The Bertz CT molecular complexity index is 1120. The zero-order chi connectivity index (χ0) is 23.5. The van der Waals surface area contributed by atoms with Crippen LogP contribution in [0.5, 0.6) is 5.88 Å². The van der Waals surface area contributed by atoms with Crippen LogP contribution in [-0.2, 0) is 24.2 Å². The average molecular weight is 450 g/mol. The summed E-state index contributed by atoms with van der Waals surface area (Å²) in [7, 11) is 1.92. The van der Waals surface area contributed by atoms with Gasteiger partial charge in [-0.05, 0) is 44.7 Å². The Kier molecular flexibility index (Phi) is 6.57. The van der Waals surface area contributed by atoms with Gasteiger partial charge in [-0.1, -0.05) is 13.0 Å². The van der Waals surface area contributed by atoms with Crippen LogP contribution in [0.4, 0.5) is 11.5 Å². The number of nitrogens with zero attached hydrogens (tertiary/aromatic N) is 6. The van der Waals surface area contributed by atoms with E-state index in [9.17, 15) is 4.79 Å². The second-order valence-corrected chi connectivity index (χ2v) is 8.67. The fraction of sp³-hybridized carbons (Fsp3) is 0.458. The first-order chi connectivity index (χ1) is 15.8. The number of amides is 1. The molecule has 3 aromatic heterocycles. The summed E-state index contributed by atoms with van der Waals surface area (Å²) in [6.45, 7) is 8.52. The SMILES string of the molecule is CC[C@H]1C(=O)Nc2c(C)nc(CCc3cnn(Cc4ccc(OC(C)C)nc4)c3)nc2N1C. The van der Waals surface area contributed by atoms with E-state index in [2.05, 4.69) is 20.4 Å². The maximum Gasteiger partial charge on any atom is 0.247 e. The van der Waals surface area contributed by atoms with Crippen molar-refractivity contribution in [2.45, 2.75) is 65.6 Å². The third kappa shape index (κ3) is 5.13. The molecule has 0 radical (unpaired) electrons. The van der Waals surface area contributed by atoms with Crippen LogP contribution in [0.2, 0.25) is 0 Å². The van der Waals surface area contributed by atoms with E-state index in [-0.39, 0.29) is 18.1 Å². The smallest absolute Gasteiger partial charge is 0.247 e. The molecular weight excluding hydrogens is 418 g/mol. The van der Waals surface area contributed by atoms with Crippen LogP contribution < -0.4 is 15.0 Å². The average Bonchev–Trinajstić information content (AvgIpc) is 3.22. The van der Waals surface area contributed by atoms with E-state index in [0.29, 0.717) is 24.5 Å². The molecule has 0 bridgehead atoms. The van der Waals surface area contributed by atoms with Gasteiger partial charge in [-0.3, -0.25) is 9.48 Å². The molecular formula is C24H31N7O2. The van der Waals surface area contributed by atoms with Crippen molar-refractivity contribution in [2.24, 2.45) is 0 Å². The zero-order valence-corrected chi connectivity index (χ0v) is 19.9. The number of ether oxygens (including phenoxy) is 1. The van der Waals surface area contributed by atoms with Gasteiger partial charge in [0.1, 0.15) is 17.6 Å². The van der Waals surface area contributed by atoms with Gasteiger partial charge >= 0.3 is 0 Å². The molecule has 0 saturated carbocycles. The second-order valence-electron chi connectivity index (χ2n) is 8.67. The molecule has 4 heterocycles. The number of hydrogen-bond acceptors (Lipinski definition) is 7. The molecule has 0 aromatic carbocycles. The van der Waals surface area contributed by atoms with Gasteiger partial charge in [-0.15, -0.1) is 0 Å². The Morgan fingerprint density at radius 1 is 1.15 bits per heavy atom. The molecule has 4 rings (SSSR count). The Morgan fingerprint density at radius 2 is 1.97 bits per heavy atom. The van der Waals surface area contributed by atoms with Crippen molar-refractivity contribution in [3.63, 3.8) is 0 Å². The number of fused-ring (bicyclic) bond motifs is 1. The molecule has 1 amide bonds. The molecule has 33 heavy (non-hydrogen) atoms. The number of aryl methyl sites for hydroxylation is 3. The molecule has 1 atom stereocenters. The molecule has 1 N–H and O–H groups in total. The monoisotopic (exact) mass is 449 g/mol. The van der Waals surface area contributed by atoms with Crippen molar-refractivity contribution in [1.82, 2.24) is 24.7 Å². The van der Waals surface area contributed by atoms with Crippen molar-refractivity contribution in [3.05, 3.63) is 53.4 Å². The van der Waals surface area contributed by atoms with E-state index < -0.39 is 0 Å². The quantitative estimate of drug-likeness (QED) is 0.564. The largest absolute Gasteiger partial charge is 0.475 e. The third-order valence-corrected chi connectivity index (χ3v) is 5.68. The topological polar surface area (TPSA) is 98.1 Å². The lowest BCUT2D eigenvalue weighted by Crippen LogP contribution is -2.46. The van der Waals surface area contributed by atoms with E-state index in [0.717, 1.165) is 41.3 Å². The van der Waals surface area contributed by atoms with Crippen LogP contribution >= 0.6 is 0 Å². The number of carbonyl (C=O) groups is 1. The molecule has 9 nitrogen and oxygen atoms in total. The summed E-state index contributed by atoms with van der Waals surface area (Å²) >= 11 is 0. The molecule has 174 valence electrons. The maximum absolute atomic E-state index is 12.3. The Labute approximate surface area is 194 Å². The lowest BCUT2D eigenvalue weighted by atomic mass is 10.1. The number of pyridine rings is 1. The summed E-state index contributed by atoms with van der Waals surface area (Å²) in [5, 5.41) is 7.45. The van der Waals surface area contributed by atoms with Crippen LogP contribution in [0.1, 0.15) is 49.8 Å². The van der Waals surface area contributed by atoms with Crippen LogP contribution in [0.25, 0.3) is 0 Å². The van der Waals surface area contributed by atoms with Gasteiger partial charge in [0.2, 0.25) is 11.8 Å². The third-order valence-electron chi connectivity index (χ3n) is 5.68. The Balaban J connectivity index is 1.40. The predicted molar refractivity (Wildman–Crippen MR) is 127 cm³/mol. The number of carbonyl (C=O) groups excluding carboxylic acids is 1. The van der Waals surface area contributed by atoms with Gasteiger partial charge < -0.3 is 15.0 Å². The van der Waals surface area contributed by atoms with E-state index in [1.807, 2.05) is 75.0 Å². The van der Waals surface area contributed by atoms with Gasteiger partial charge in [0.15, 0.2) is 5.82 Å². The van der Waals surface area contributed by atoms with Gasteiger partial charge in [-0.25, -0.2) is 15.0 Å². The number of hydrogen-bond donors (Lipinski definition) is 1. The molecule has 0 spiro atoms. The summed E-state index contributed by atoms with van der Waals surface area (Å²) in [5.74, 6) is 2.18. The lowest BCUT2D eigenvalue weighted by molar-refractivity contribution is -0.117. The minimum absolute atomic E-state index is 0.00310. The highest BCUT2D eigenvalue weighted by molar-refractivity contribution is 6.03. The molecule has 1 aliphatic heterocycles. The maximum atomic E-state index is 12.3. The van der Waals surface area contributed by atoms with Crippen molar-refractivity contribution in [2.75, 3.05) is 17.3 Å². The van der Waals surface area contributed by atoms with Crippen LogP contribution in [0.15, 0.2) is 30.7 Å². The first-order valence-electron chi connectivity index (χ1n) is 11.4. The summed E-state index contributed by atoms with van der Waals surface area (Å²) in [6, 6.07) is 3.69. The van der Waals surface area contributed by atoms with Crippen molar-refractivity contribution < 1.29 is 9.53 Å². The molecule has 0 fully saturated rings. The van der Waals surface area contributed by atoms with Crippen LogP contribution in [0.3, 0.4) is 0 Å². The van der Waals surface area contributed by atoms with Crippen LogP contribution in [-0.4, -0.2) is 49.8 Å². The second kappa shape index (κ2) is 9.56. The summed E-state index contributed by atoms with van der Waals surface area (Å²) in [5.41, 5.74) is 3.68. The van der Waals surface area contributed by atoms with Gasteiger partial charge in [0.05, 0.1) is 24.5 Å². The highest BCUT2D eigenvalue weighted by Crippen LogP contribution is 2.32. The van der Waals surface area contributed by atoms with Crippen molar-refractivity contribution >= 4 is 17.4 Å². The number of nitrogens with one attached hydrogen (secondary N) is 1. The molecule has 0 aliphatic carbocycles. The first kappa shape index (κ1) is 22.7. The summed E-state index contributed by atoms with van der Waals surface area (Å²) in [6.07, 6.45) is 8.06. The number of aromatic nitrogens is 5. The molecule has 0 saturated heterocycles. The zero-order valence-electron chi connectivity index (χ0n) is 19.9. The summed E-state index contributed by atoms with van der Waals surface area (Å²) in [4.78, 5) is 28.0. The molecule has 1 aliphatic rings. The van der Waals surface area contributed by atoms with E-state index in [1.54, 1.807) is 0 Å². The highest BCUT2D eigenvalue weighted by Gasteiger charge is 2.32. The normalized spacial score (nSPS) is 15.5. The van der Waals surface area contributed by atoms with E-state index in [1.165, 1.54) is 0 Å². The van der Waals surface area contributed by atoms with E-state index in [4.69, 9.17) is 9.72 Å². The number of anilines is 2. The minimum Gasteiger partial charge on any atom is -0.475 e. The molecule has 3 aromatic rings. The van der Waals surface area contributed by atoms with Gasteiger partial charge in [0, 0.05) is 31.9 Å². The summed E-state index contributed by atoms with van der Waals surface area (Å²) < 4.78 is 7.50. The number of rotatable bonds is 8. The minimum atomic E-state index is -0.210. The predicted octanol–water partition coefficient (Wildman–Crippen LogP) is 3.16. The Morgan fingerprint density at radius 3 is 2.67 bits per heavy atom. The van der Waals surface area contributed by atoms with Gasteiger partial charge in [-0.2, -0.15) is 5.10 Å². The lowest BCUT2D eigenvalue weighted by Gasteiger charge is -2.34. The van der Waals surface area contributed by atoms with E-state index >= 15 is 0 Å². The molecule has 0 unspecified atom stereocenters.